The summed E-state index contributed by atoms with van der Waals surface area (Å²) >= 11 is 5.98. The van der Waals surface area contributed by atoms with Crippen LogP contribution in [0, 0.1) is 5.82 Å². The van der Waals surface area contributed by atoms with E-state index in [0.717, 1.165) is 5.56 Å². The van der Waals surface area contributed by atoms with Gasteiger partial charge in [0.05, 0.1) is 17.7 Å². The first-order chi connectivity index (χ1) is 9.42. The van der Waals surface area contributed by atoms with E-state index in [4.69, 9.17) is 16.3 Å². The molecule has 0 spiro atoms. The van der Waals surface area contributed by atoms with Gasteiger partial charge >= 0.3 is 0 Å². The fraction of sp³-hybridized carbons (Fsp3) is 0.250. The van der Waals surface area contributed by atoms with Crippen molar-refractivity contribution in [2.75, 3.05) is 7.11 Å². The van der Waals surface area contributed by atoms with Crippen molar-refractivity contribution in [2.45, 2.75) is 18.9 Å². The van der Waals surface area contributed by atoms with E-state index in [2.05, 4.69) is 0 Å². The third kappa shape index (κ3) is 3.30. The quantitative estimate of drug-likeness (QED) is 0.925. The van der Waals surface area contributed by atoms with Crippen LogP contribution in [-0.4, -0.2) is 12.2 Å². The molecule has 2 aromatic carbocycles. The monoisotopic (exact) mass is 294 g/mol. The second kappa shape index (κ2) is 5.81. The van der Waals surface area contributed by atoms with E-state index in [9.17, 15) is 9.50 Å². The van der Waals surface area contributed by atoms with Crippen molar-refractivity contribution in [3.05, 3.63) is 64.4 Å². The van der Waals surface area contributed by atoms with Gasteiger partial charge in [0.1, 0.15) is 11.6 Å². The molecule has 0 aliphatic rings. The Hall–Kier alpha value is -1.58. The molecule has 0 bridgehead atoms. The molecule has 0 aromatic heterocycles. The van der Waals surface area contributed by atoms with Crippen LogP contribution in [0.1, 0.15) is 18.1 Å². The molecule has 0 aliphatic carbocycles. The van der Waals surface area contributed by atoms with Crippen LogP contribution >= 0.6 is 11.6 Å². The average Bonchev–Trinajstić information content (AvgIpc) is 2.41. The Kier molecular flexibility index (Phi) is 4.31. The van der Waals surface area contributed by atoms with Gasteiger partial charge in [0.25, 0.3) is 0 Å². The molecule has 106 valence electrons. The van der Waals surface area contributed by atoms with Crippen LogP contribution in [-0.2, 0) is 12.0 Å². The lowest BCUT2D eigenvalue weighted by molar-refractivity contribution is 0.0574. The molecule has 2 rings (SSSR count). The lowest BCUT2D eigenvalue weighted by Gasteiger charge is -2.24. The number of ether oxygens (including phenoxy) is 1. The maximum Gasteiger partial charge on any atom is 0.137 e. The molecule has 1 unspecified atom stereocenters. The number of aliphatic hydroxyl groups is 1. The van der Waals surface area contributed by atoms with Gasteiger partial charge in [-0.1, -0.05) is 29.8 Å². The summed E-state index contributed by atoms with van der Waals surface area (Å²) in [4.78, 5) is 0. The molecule has 20 heavy (non-hydrogen) atoms. The predicted molar refractivity (Wildman–Crippen MR) is 77.7 cm³/mol. The molecule has 2 nitrogen and oxygen atoms in total. The first-order valence-corrected chi connectivity index (χ1v) is 6.61. The van der Waals surface area contributed by atoms with Gasteiger partial charge < -0.3 is 9.84 Å². The average molecular weight is 295 g/mol. The number of benzene rings is 2. The zero-order valence-electron chi connectivity index (χ0n) is 11.4. The third-order valence-corrected chi connectivity index (χ3v) is 3.55. The van der Waals surface area contributed by atoms with E-state index < -0.39 is 5.60 Å². The topological polar surface area (TPSA) is 29.5 Å². The molecule has 0 saturated heterocycles. The van der Waals surface area contributed by atoms with Gasteiger partial charge in [-0.05, 0) is 42.3 Å². The third-order valence-electron chi connectivity index (χ3n) is 3.23. The van der Waals surface area contributed by atoms with Crippen LogP contribution in [0.25, 0.3) is 0 Å². The highest BCUT2D eigenvalue weighted by atomic mass is 35.5. The molecule has 0 radical (unpaired) electrons. The summed E-state index contributed by atoms with van der Waals surface area (Å²) < 4.78 is 18.0. The van der Waals surface area contributed by atoms with Crippen molar-refractivity contribution in [3.8, 4) is 5.75 Å². The molecule has 0 fully saturated rings. The number of hydrogen-bond donors (Lipinski definition) is 1. The van der Waals surface area contributed by atoms with Crippen molar-refractivity contribution >= 4 is 11.6 Å². The largest absolute Gasteiger partial charge is 0.495 e. The molecule has 2 aromatic rings. The number of rotatable bonds is 4. The Labute approximate surface area is 122 Å². The second-order valence-corrected chi connectivity index (χ2v) is 5.33. The van der Waals surface area contributed by atoms with E-state index >= 15 is 0 Å². The van der Waals surface area contributed by atoms with Gasteiger partial charge in [-0.15, -0.1) is 0 Å². The van der Waals surface area contributed by atoms with Crippen LogP contribution in [0.4, 0.5) is 4.39 Å². The molecule has 0 saturated carbocycles. The lowest BCUT2D eigenvalue weighted by Crippen LogP contribution is -2.24. The fourth-order valence-electron chi connectivity index (χ4n) is 2.10. The van der Waals surface area contributed by atoms with Crippen molar-refractivity contribution in [3.63, 3.8) is 0 Å². The smallest absolute Gasteiger partial charge is 0.137 e. The minimum absolute atomic E-state index is 0.290. The summed E-state index contributed by atoms with van der Waals surface area (Å²) in [7, 11) is 1.53. The molecule has 0 aliphatic heterocycles. The van der Waals surface area contributed by atoms with Gasteiger partial charge in [-0.2, -0.15) is 0 Å². The first kappa shape index (κ1) is 14.8. The zero-order valence-corrected chi connectivity index (χ0v) is 12.1. The highest BCUT2D eigenvalue weighted by Crippen LogP contribution is 2.32. The van der Waals surface area contributed by atoms with Crippen molar-refractivity contribution in [1.82, 2.24) is 0 Å². The molecular weight excluding hydrogens is 279 g/mol. The van der Waals surface area contributed by atoms with E-state index in [1.54, 1.807) is 37.3 Å². The summed E-state index contributed by atoms with van der Waals surface area (Å²) in [5.41, 5.74) is 0.462. The highest BCUT2D eigenvalue weighted by molar-refractivity contribution is 6.32. The number of hydrogen-bond acceptors (Lipinski definition) is 2. The van der Waals surface area contributed by atoms with Crippen LogP contribution in [0.5, 0.6) is 5.75 Å². The molecule has 4 heteroatoms. The molecule has 0 amide bonds. The van der Waals surface area contributed by atoms with Gasteiger partial charge in [0.15, 0.2) is 0 Å². The summed E-state index contributed by atoms with van der Waals surface area (Å²) in [5.74, 6) is 0.227. The Morgan fingerprint density at radius 3 is 2.45 bits per heavy atom. The van der Waals surface area contributed by atoms with Crippen LogP contribution in [0.3, 0.4) is 0 Å². The van der Waals surface area contributed by atoms with E-state index in [-0.39, 0.29) is 5.82 Å². The molecule has 1 N–H and O–H groups in total. The van der Waals surface area contributed by atoms with Crippen LogP contribution in [0.2, 0.25) is 5.02 Å². The molecule has 0 heterocycles. The summed E-state index contributed by atoms with van der Waals surface area (Å²) in [6, 6.07) is 11.3. The number of methoxy groups -OCH3 is 1. The van der Waals surface area contributed by atoms with E-state index in [1.165, 1.54) is 19.2 Å². The molecule has 1 atom stereocenters. The van der Waals surface area contributed by atoms with E-state index in [1.807, 2.05) is 0 Å². The Balaban J connectivity index is 2.27. The highest BCUT2D eigenvalue weighted by Gasteiger charge is 2.24. The van der Waals surface area contributed by atoms with Crippen molar-refractivity contribution in [1.29, 1.82) is 0 Å². The Morgan fingerprint density at radius 1 is 1.20 bits per heavy atom. The fourth-order valence-corrected chi connectivity index (χ4v) is 2.29. The number of halogens is 2. The van der Waals surface area contributed by atoms with Crippen LogP contribution in [0.15, 0.2) is 42.5 Å². The van der Waals surface area contributed by atoms with Gasteiger partial charge in [-0.25, -0.2) is 4.39 Å². The first-order valence-electron chi connectivity index (χ1n) is 6.23. The Morgan fingerprint density at radius 2 is 1.85 bits per heavy atom. The van der Waals surface area contributed by atoms with Crippen LogP contribution < -0.4 is 4.74 Å². The van der Waals surface area contributed by atoms with Gasteiger partial charge in [-0.3, -0.25) is 0 Å². The molecular formula is C16H16ClFO2. The lowest BCUT2D eigenvalue weighted by atomic mass is 9.89. The summed E-state index contributed by atoms with van der Waals surface area (Å²) in [5, 5.41) is 11.1. The zero-order chi connectivity index (χ0) is 14.8. The second-order valence-electron chi connectivity index (χ2n) is 4.93. The predicted octanol–water partition coefficient (Wildman–Crippen LogP) is 3.94. The van der Waals surface area contributed by atoms with Gasteiger partial charge in [0, 0.05) is 6.42 Å². The van der Waals surface area contributed by atoms with Crippen molar-refractivity contribution in [2.24, 2.45) is 0 Å². The minimum Gasteiger partial charge on any atom is -0.495 e. The summed E-state index contributed by atoms with van der Waals surface area (Å²) in [6.45, 7) is 1.71. The van der Waals surface area contributed by atoms with Crippen molar-refractivity contribution < 1.29 is 14.2 Å². The minimum atomic E-state index is -1.09. The maximum atomic E-state index is 12.9. The standard InChI is InChI=1S/C16H16ClFO2/c1-16(19,10-11-3-6-13(18)7-4-11)12-5-8-14(17)15(9-12)20-2/h3-9,19H,10H2,1-2H3. The van der Waals surface area contributed by atoms with E-state index in [0.29, 0.717) is 22.8 Å². The normalized spacial score (nSPS) is 13.8. The summed E-state index contributed by atoms with van der Waals surface area (Å²) in [6.07, 6.45) is 0.373. The van der Waals surface area contributed by atoms with Gasteiger partial charge in [0.2, 0.25) is 0 Å². The Bertz CT molecular complexity index is 594. The maximum absolute atomic E-state index is 12.9. The SMILES string of the molecule is COc1cc(C(C)(O)Cc2ccc(F)cc2)ccc1Cl.